The number of rotatable bonds is 3. The molecule has 0 aliphatic rings. The van der Waals surface area contributed by atoms with Gasteiger partial charge >= 0.3 is 0 Å². The van der Waals surface area contributed by atoms with Crippen molar-refractivity contribution in [3.05, 3.63) is 52.8 Å². The number of benzene rings is 1. The highest BCUT2D eigenvalue weighted by atomic mass is 16.1. The molecule has 20 heavy (non-hydrogen) atoms. The first kappa shape index (κ1) is 14.2. The van der Waals surface area contributed by atoms with E-state index in [1.165, 1.54) is 5.56 Å². The van der Waals surface area contributed by atoms with Crippen LogP contribution in [0.4, 0.5) is 5.69 Å². The number of hydrogen-bond donors (Lipinski definition) is 1. The van der Waals surface area contributed by atoms with Crippen LogP contribution in [0.1, 0.15) is 47.1 Å². The molecule has 4 heteroatoms. The molecular formula is C16H19N3O. The first-order chi connectivity index (χ1) is 9.47. The van der Waals surface area contributed by atoms with Gasteiger partial charge in [0.2, 0.25) is 0 Å². The van der Waals surface area contributed by atoms with E-state index in [-0.39, 0.29) is 5.91 Å². The summed E-state index contributed by atoms with van der Waals surface area (Å²) < 4.78 is 0. The SMILES string of the molecule is Cc1ccc(NC(=O)c2ccc(C(C)C)nn2)c(C)c1. The quantitative estimate of drug-likeness (QED) is 0.928. The van der Waals surface area contributed by atoms with Crippen molar-refractivity contribution in [1.82, 2.24) is 10.2 Å². The van der Waals surface area contributed by atoms with Crippen molar-refractivity contribution >= 4 is 11.6 Å². The van der Waals surface area contributed by atoms with E-state index in [1.54, 1.807) is 6.07 Å². The summed E-state index contributed by atoms with van der Waals surface area (Å²) in [6.45, 7) is 8.07. The number of aryl methyl sites for hydroxylation is 2. The molecule has 0 bridgehead atoms. The smallest absolute Gasteiger partial charge is 0.276 e. The largest absolute Gasteiger partial charge is 0.320 e. The van der Waals surface area contributed by atoms with Crippen LogP contribution in [-0.4, -0.2) is 16.1 Å². The van der Waals surface area contributed by atoms with Crippen molar-refractivity contribution in [2.75, 3.05) is 5.32 Å². The van der Waals surface area contributed by atoms with Crippen molar-refractivity contribution < 1.29 is 4.79 Å². The maximum atomic E-state index is 12.1. The monoisotopic (exact) mass is 269 g/mol. The number of aromatic nitrogens is 2. The van der Waals surface area contributed by atoms with Crippen LogP contribution in [-0.2, 0) is 0 Å². The summed E-state index contributed by atoms with van der Waals surface area (Å²) in [4.78, 5) is 12.1. The van der Waals surface area contributed by atoms with Crippen LogP contribution >= 0.6 is 0 Å². The second kappa shape index (κ2) is 5.82. The molecule has 1 heterocycles. The lowest BCUT2D eigenvalue weighted by atomic mass is 10.1. The summed E-state index contributed by atoms with van der Waals surface area (Å²) in [6.07, 6.45) is 0. The van der Waals surface area contributed by atoms with Gasteiger partial charge in [0, 0.05) is 5.69 Å². The van der Waals surface area contributed by atoms with Gasteiger partial charge in [-0.15, -0.1) is 5.10 Å². The maximum absolute atomic E-state index is 12.1. The minimum atomic E-state index is -0.236. The summed E-state index contributed by atoms with van der Waals surface area (Å²) in [7, 11) is 0. The van der Waals surface area contributed by atoms with E-state index in [1.807, 2.05) is 52.0 Å². The van der Waals surface area contributed by atoms with Crippen molar-refractivity contribution in [2.24, 2.45) is 0 Å². The zero-order valence-corrected chi connectivity index (χ0v) is 12.3. The van der Waals surface area contributed by atoms with Crippen LogP contribution in [0.3, 0.4) is 0 Å². The molecule has 0 radical (unpaired) electrons. The highest BCUT2D eigenvalue weighted by molar-refractivity contribution is 6.03. The number of carbonyl (C=O) groups excluding carboxylic acids is 1. The van der Waals surface area contributed by atoms with E-state index in [9.17, 15) is 4.79 Å². The van der Waals surface area contributed by atoms with Gasteiger partial charge in [-0.2, -0.15) is 5.10 Å². The first-order valence-electron chi connectivity index (χ1n) is 6.69. The van der Waals surface area contributed by atoms with Crippen molar-refractivity contribution in [2.45, 2.75) is 33.6 Å². The molecule has 0 saturated carbocycles. The molecule has 1 amide bonds. The van der Waals surface area contributed by atoms with Crippen LogP contribution in [0, 0.1) is 13.8 Å². The third-order valence-electron chi connectivity index (χ3n) is 3.14. The van der Waals surface area contributed by atoms with Gasteiger partial charge in [0.15, 0.2) is 5.69 Å². The number of anilines is 1. The molecule has 1 aromatic heterocycles. The Morgan fingerprint density at radius 2 is 1.85 bits per heavy atom. The van der Waals surface area contributed by atoms with E-state index in [2.05, 4.69) is 15.5 Å². The lowest BCUT2D eigenvalue weighted by molar-refractivity contribution is 0.102. The van der Waals surface area contributed by atoms with E-state index in [4.69, 9.17) is 0 Å². The van der Waals surface area contributed by atoms with Gasteiger partial charge in [0.25, 0.3) is 5.91 Å². The fraction of sp³-hybridized carbons (Fsp3) is 0.312. The van der Waals surface area contributed by atoms with Gasteiger partial charge in [-0.05, 0) is 43.5 Å². The summed E-state index contributed by atoms with van der Waals surface area (Å²) in [6, 6.07) is 9.45. The summed E-state index contributed by atoms with van der Waals surface area (Å²) in [5.74, 6) is 0.0683. The number of amides is 1. The Kier molecular flexibility index (Phi) is 4.13. The minimum absolute atomic E-state index is 0.236. The second-order valence-corrected chi connectivity index (χ2v) is 5.27. The summed E-state index contributed by atoms with van der Waals surface area (Å²) in [5.41, 5.74) is 4.21. The number of hydrogen-bond acceptors (Lipinski definition) is 3. The van der Waals surface area contributed by atoms with Gasteiger partial charge < -0.3 is 5.32 Å². The maximum Gasteiger partial charge on any atom is 0.276 e. The lowest BCUT2D eigenvalue weighted by Gasteiger charge is -2.09. The van der Waals surface area contributed by atoms with Crippen LogP contribution in [0.5, 0.6) is 0 Å². The molecule has 1 aromatic carbocycles. The van der Waals surface area contributed by atoms with Gasteiger partial charge in [-0.1, -0.05) is 31.5 Å². The molecule has 0 fully saturated rings. The molecule has 0 atom stereocenters. The van der Waals surface area contributed by atoms with Gasteiger partial charge in [-0.25, -0.2) is 0 Å². The molecule has 104 valence electrons. The van der Waals surface area contributed by atoms with Crippen molar-refractivity contribution in [3.63, 3.8) is 0 Å². The Morgan fingerprint density at radius 3 is 2.40 bits per heavy atom. The Hall–Kier alpha value is -2.23. The van der Waals surface area contributed by atoms with Crippen molar-refractivity contribution in [1.29, 1.82) is 0 Å². The predicted molar refractivity (Wildman–Crippen MR) is 80.0 cm³/mol. The predicted octanol–water partition coefficient (Wildman–Crippen LogP) is 3.47. The minimum Gasteiger partial charge on any atom is -0.320 e. The first-order valence-corrected chi connectivity index (χ1v) is 6.69. The molecule has 0 saturated heterocycles. The van der Waals surface area contributed by atoms with E-state index < -0.39 is 0 Å². The second-order valence-electron chi connectivity index (χ2n) is 5.27. The molecule has 0 aliphatic carbocycles. The molecule has 4 nitrogen and oxygen atoms in total. The topological polar surface area (TPSA) is 54.9 Å². The Labute approximate surface area is 119 Å². The number of carbonyl (C=O) groups is 1. The van der Waals surface area contributed by atoms with Crippen LogP contribution in [0.15, 0.2) is 30.3 Å². The molecule has 2 rings (SSSR count). The van der Waals surface area contributed by atoms with Gasteiger partial charge in [0.1, 0.15) is 0 Å². The lowest BCUT2D eigenvalue weighted by Crippen LogP contribution is -2.15. The average Bonchev–Trinajstić information content (AvgIpc) is 2.42. The third-order valence-corrected chi connectivity index (χ3v) is 3.14. The Morgan fingerprint density at radius 1 is 1.10 bits per heavy atom. The number of nitrogens with zero attached hydrogens (tertiary/aromatic N) is 2. The molecule has 0 spiro atoms. The van der Waals surface area contributed by atoms with E-state index in [0.29, 0.717) is 11.6 Å². The molecule has 2 aromatic rings. The number of nitrogens with one attached hydrogen (secondary N) is 1. The summed E-state index contributed by atoms with van der Waals surface area (Å²) in [5, 5.41) is 10.9. The fourth-order valence-corrected chi connectivity index (χ4v) is 1.91. The zero-order valence-electron chi connectivity index (χ0n) is 12.3. The van der Waals surface area contributed by atoms with E-state index in [0.717, 1.165) is 16.9 Å². The highest BCUT2D eigenvalue weighted by Gasteiger charge is 2.11. The van der Waals surface area contributed by atoms with E-state index >= 15 is 0 Å². The molecular weight excluding hydrogens is 250 g/mol. The van der Waals surface area contributed by atoms with Crippen LogP contribution in [0.25, 0.3) is 0 Å². The van der Waals surface area contributed by atoms with Crippen LogP contribution in [0.2, 0.25) is 0 Å². The Bertz CT molecular complexity index is 618. The fourth-order valence-electron chi connectivity index (χ4n) is 1.91. The summed E-state index contributed by atoms with van der Waals surface area (Å²) >= 11 is 0. The standard InChI is InChI=1S/C16H19N3O/c1-10(2)13-7-8-15(19-18-13)16(20)17-14-6-5-11(3)9-12(14)4/h5-10H,1-4H3,(H,17,20). The zero-order chi connectivity index (χ0) is 14.7. The third kappa shape index (κ3) is 3.20. The molecule has 1 N–H and O–H groups in total. The van der Waals surface area contributed by atoms with Crippen molar-refractivity contribution in [3.8, 4) is 0 Å². The van der Waals surface area contributed by atoms with Gasteiger partial charge in [-0.3, -0.25) is 4.79 Å². The molecule has 0 unspecified atom stereocenters. The highest BCUT2D eigenvalue weighted by Crippen LogP contribution is 2.17. The van der Waals surface area contributed by atoms with Crippen LogP contribution < -0.4 is 5.32 Å². The molecule has 0 aliphatic heterocycles. The van der Waals surface area contributed by atoms with Gasteiger partial charge in [0.05, 0.1) is 5.69 Å². The normalized spacial score (nSPS) is 10.7. The average molecular weight is 269 g/mol. The Balaban J connectivity index is 2.15.